The smallest absolute Gasteiger partial charge is 0.193 e. The molecule has 0 unspecified atom stereocenters. The number of guanidine groups is 1. The van der Waals surface area contributed by atoms with Gasteiger partial charge >= 0.3 is 0 Å². The first-order valence-electron chi connectivity index (χ1n) is 9.23. The zero-order chi connectivity index (χ0) is 20.0. The molecular formula is C20H26FIN4O2S. The van der Waals surface area contributed by atoms with Gasteiger partial charge in [0.15, 0.2) is 15.8 Å². The van der Waals surface area contributed by atoms with Crippen molar-refractivity contribution in [1.29, 1.82) is 0 Å². The average molecular weight is 532 g/mol. The number of sulfone groups is 1. The quantitative estimate of drug-likeness (QED) is 0.365. The van der Waals surface area contributed by atoms with Crippen LogP contribution < -0.4 is 10.2 Å². The van der Waals surface area contributed by atoms with Crippen LogP contribution in [-0.4, -0.2) is 64.8 Å². The van der Waals surface area contributed by atoms with Gasteiger partial charge < -0.3 is 15.1 Å². The zero-order valence-electron chi connectivity index (χ0n) is 16.3. The van der Waals surface area contributed by atoms with Gasteiger partial charge in [0.25, 0.3) is 0 Å². The Labute approximate surface area is 188 Å². The maximum atomic E-state index is 13.1. The number of nitrogens with zero attached hydrogens (tertiary/aromatic N) is 3. The SMILES string of the molecule is CN=C(NCCS(=O)(=O)c1ccccc1)N1CCN(c2ccc(F)cc2)CC1.I. The van der Waals surface area contributed by atoms with Gasteiger partial charge in [-0.2, -0.15) is 0 Å². The molecule has 6 nitrogen and oxygen atoms in total. The second-order valence-corrected chi connectivity index (χ2v) is 8.67. The van der Waals surface area contributed by atoms with E-state index in [1.54, 1.807) is 49.5 Å². The Balaban J connectivity index is 0.00000300. The van der Waals surface area contributed by atoms with Crippen LogP contribution in [0.1, 0.15) is 0 Å². The number of aliphatic imine (C=N–C) groups is 1. The molecule has 2 aromatic rings. The summed E-state index contributed by atoms with van der Waals surface area (Å²) in [6.45, 7) is 3.37. The van der Waals surface area contributed by atoms with Crippen LogP contribution in [0.3, 0.4) is 0 Å². The molecule has 1 fully saturated rings. The Morgan fingerprint density at radius 2 is 1.66 bits per heavy atom. The molecule has 1 saturated heterocycles. The molecule has 2 aromatic carbocycles. The van der Waals surface area contributed by atoms with Crippen LogP contribution in [0.2, 0.25) is 0 Å². The van der Waals surface area contributed by atoms with Gasteiger partial charge in [0.05, 0.1) is 10.6 Å². The van der Waals surface area contributed by atoms with Crippen LogP contribution in [0.5, 0.6) is 0 Å². The summed E-state index contributed by atoms with van der Waals surface area (Å²) in [6, 6.07) is 15.0. The van der Waals surface area contributed by atoms with Gasteiger partial charge in [-0.3, -0.25) is 4.99 Å². The maximum absolute atomic E-state index is 13.1. The molecule has 0 saturated carbocycles. The molecule has 0 bridgehead atoms. The highest BCUT2D eigenvalue weighted by molar-refractivity contribution is 14.0. The molecule has 0 radical (unpaired) electrons. The first-order chi connectivity index (χ1) is 13.5. The Hall–Kier alpha value is -1.88. The standard InChI is InChI=1S/C20H25FN4O2S.HI/c1-22-20(23-11-16-28(26,27)19-5-3-2-4-6-19)25-14-12-24(13-15-25)18-9-7-17(21)8-10-18;/h2-10H,11-16H2,1H3,(H,22,23);1H. The van der Waals surface area contributed by atoms with Gasteiger partial charge in [-0.15, -0.1) is 24.0 Å². The minimum Gasteiger partial charge on any atom is -0.368 e. The Kier molecular flexibility index (Phi) is 8.69. The summed E-state index contributed by atoms with van der Waals surface area (Å²) in [5, 5.41) is 3.16. The van der Waals surface area contributed by atoms with Crippen LogP contribution in [0.4, 0.5) is 10.1 Å². The van der Waals surface area contributed by atoms with E-state index >= 15 is 0 Å². The van der Waals surface area contributed by atoms with Crippen LogP contribution in [-0.2, 0) is 9.84 Å². The van der Waals surface area contributed by atoms with E-state index in [0.29, 0.717) is 17.4 Å². The highest BCUT2D eigenvalue weighted by Gasteiger charge is 2.20. The third-order valence-corrected chi connectivity index (χ3v) is 6.47. The van der Waals surface area contributed by atoms with E-state index in [2.05, 4.69) is 20.1 Å². The summed E-state index contributed by atoms with van der Waals surface area (Å²) in [7, 11) is -1.62. The van der Waals surface area contributed by atoms with Crippen molar-refractivity contribution in [3.8, 4) is 0 Å². The lowest BCUT2D eigenvalue weighted by Crippen LogP contribution is -2.53. The van der Waals surface area contributed by atoms with E-state index in [4.69, 9.17) is 0 Å². The summed E-state index contributed by atoms with van der Waals surface area (Å²) in [5.41, 5.74) is 0.998. The van der Waals surface area contributed by atoms with E-state index in [1.165, 1.54) is 12.1 Å². The van der Waals surface area contributed by atoms with Crippen LogP contribution >= 0.6 is 24.0 Å². The lowest BCUT2D eigenvalue weighted by Gasteiger charge is -2.37. The van der Waals surface area contributed by atoms with E-state index in [9.17, 15) is 12.8 Å². The van der Waals surface area contributed by atoms with Gasteiger partial charge in [-0.05, 0) is 36.4 Å². The van der Waals surface area contributed by atoms with Crippen molar-refractivity contribution in [3.05, 3.63) is 60.4 Å². The van der Waals surface area contributed by atoms with E-state index in [0.717, 1.165) is 31.9 Å². The summed E-state index contributed by atoms with van der Waals surface area (Å²) in [6.07, 6.45) is 0. The van der Waals surface area contributed by atoms with Crippen molar-refractivity contribution in [1.82, 2.24) is 10.2 Å². The second-order valence-electron chi connectivity index (χ2n) is 6.56. The molecule has 0 aliphatic carbocycles. The zero-order valence-corrected chi connectivity index (χ0v) is 19.4. The normalized spacial score (nSPS) is 15.0. The first kappa shape index (κ1) is 23.4. The highest BCUT2D eigenvalue weighted by atomic mass is 127. The Morgan fingerprint density at radius 1 is 1.03 bits per heavy atom. The molecule has 1 aliphatic rings. The molecular weight excluding hydrogens is 506 g/mol. The lowest BCUT2D eigenvalue weighted by molar-refractivity contribution is 0.373. The van der Waals surface area contributed by atoms with Crippen molar-refractivity contribution in [2.75, 3.05) is 50.4 Å². The van der Waals surface area contributed by atoms with E-state index < -0.39 is 9.84 Å². The Morgan fingerprint density at radius 3 is 2.24 bits per heavy atom. The topological polar surface area (TPSA) is 65.0 Å². The van der Waals surface area contributed by atoms with Crippen molar-refractivity contribution in [3.63, 3.8) is 0 Å². The fraction of sp³-hybridized carbons (Fsp3) is 0.350. The summed E-state index contributed by atoms with van der Waals surface area (Å²) < 4.78 is 37.8. The van der Waals surface area contributed by atoms with Gasteiger partial charge in [0.2, 0.25) is 0 Å². The number of hydrogen-bond acceptors (Lipinski definition) is 4. The highest BCUT2D eigenvalue weighted by Crippen LogP contribution is 2.17. The van der Waals surface area contributed by atoms with E-state index in [-0.39, 0.29) is 35.5 Å². The van der Waals surface area contributed by atoms with Crippen LogP contribution in [0.25, 0.3) is 0 Å². The van der Waals surface area contributed by atoms with Crippen LogP contribution in [0.15, 0.2) is 64.5 Å². The molecule has 0 aromatic heterocycles. The third-order valence-electron chi connectivity index (χ3n) is 4.74. The molecule has 0 atom stereocenters. The predicted octanol–water partition coefficient (Wildman–Crippen LogP) is 2.62. The van der Waals surface area contributed by atoms with Crippen molar-refractivity contribution in [2.45, 2.75) is 4.90 Å². The minimum absolute atomic E-state index is 0. The molecule has 1 aliphatic heterocycles. The van der Waals surface area contributed by atoms with E-state index in [1.807, 2.05) is 0 Å². The number of nitrogens with one attached hydrogen (secondary N) is 1. The molecule has 9 heteroatoms. The fourth-order valence-electron chi connectivity index (χ4n) is 3.20. The van der Waals surface area contributed by atoms with Gasteiger partial charge in [0, 0.05) is 45.5 Å². The number of benzene rings is 2. The number of rotatable bonds is 5. The predicted molar refractivity (Wildman–Crippen MR) is 125 cm³/mol. The first-order valence-corrected chi connectivity index (χ1v) is 10.9. The number of hydrogen-bond donors (Lipinski definition) is 1. The van der Waals surface area contributed by atoms with Crippen molar-refractivity contribution in [2.24, 2.45) is 4.99 Å². The third kappa shape index (κ3) is 6.30. The second kappa shape index (κ2) is 10.8. The molecule has 0 spiro atoms. The molecule has 3 rings (SSSR count). The fourth-order valence-corrected chi connectivity index (χ4v) is 4.38. The summed E-state index contributed by atoms with van der Waals surface area (Å²) >= 11 is 0. The van der Waals surface area contributed by atoms with Crippen molar-refractivity contribution >= 4 is 45.5 Å². The lowest BCUT2D eigenvalue weighted by atomic mass is 10.2. The van der Waals surface area contributed by atoms with Crippen molar-refractivity contribution < 1.29 is 12.8 Å². The van der Waals surface area contributed by atoms with Crippen LogP contribution in [0, 0.1) is 5.82 Å². The largest absolute Gasteiger partial charge is 0.368 e. The maximum Gasteiger partial charge on any atom is 0.193 e. The molecule has 158 valence electrons. The summed E-state index contributed by atoms with van der Waals surface area (Å²) in [4.78, 5) is 8.92. The molecule has 0 amide bonds. The number of piperazine rings is 1. The van der Waals surface area contributed by atoms with Gasteiger partial charge in [-0.1, -0.05) is 18.2 Å². The molecule has 29 heavy (non-hydrogen) atoms. The monoisotopic (exact) mass is 532 g/mol. The van der Waals surface area contributed by atoms with Gasteiger partial charge in [-0.25, -0.2) is 12.8 Å². The number of halogens is 2. The Bertz CT molecular complexity index is 900. The average Bonchev–Trinajstić information content (AvgIpc) is 2.73. The molecule has 1 heterocycles. The molecule has 1 N–H and O–H groups in total. The van der Waals surface area contributed by atoms with Gasteiger partial charge in [0.1, 0.15) is 5.82 Å². The minimum atomic E-state index is -3.32. The number of anilines is 1. The summed E-state index contributed by atoms with van der Waals surface area (Å²) in [5.74, 6) is 0.463.